The molecule has 0 N–H and O–H groups in total. The molecule has 14 heavy (non-hydrogen) atoms. The van der Waals surface area contributed by atoms with E-state index in [1.54, 1.807) is 0 Å². The zero-order chi connectivity index (χ0) is 10.6. The average molecular weight is 229 g/mol. The Labute approximate surface area is 95.3 Å². The van der Waals surface area contributed by atoms with E-state index in [1.807, 2.05) is 29.3 Å². The fourth-order valence-electron chi connectivity index (χ4n) is 0.879. The minimum Gasteiger partial charge on any atom is -0.238 e. The molecule has 0 radical (unpaired) electrons. The Morgan fingerprint density at radius 1 is 1.43 bits per heavy atom. The molecule has 0 spiro atoms. The SMILES string of the molecule is CCc1cnc(SCC(C)(C)CC)s1. The molecule has 0 fully saturated rings. The van der Waals surface area contributed by atoms with Crippen molar-refractivity contribution in [2.75, 3.05) is 5.75 Å². The van der Waals surface area contributed by atoms with Crippen LogP contribution < -0.4 is 0 Å². The van der Waals surface area contributed by atoms with Gasteiger partial charge in [0.25, 0.3) is 0 Å². The molecule has 0 saturated heterocycles. The Morgan fingerprint density at radius 2 is 2.14 bits per heavy atom. The minimum absolute atomic E-state index is 0.433. The molecule has 0 aromatic carbocycles. The van der Waals surface area contributed by atoms with Crippen LogP contribution in [0.1, 0.15) is 39.0 Å². The first-order valence-corrected chi connectivity index (χ1v) is 6.95. The number of aryl methyl sites for hydroxylation is 1. The van der Waals surface area contributed by atoms with E-state index in [-0.39, 0.29) is 0 Å². The summed E-state index contributed by atoms with van der Waals surface area (Å²) in [6.07, 6.45) is 4.34. The van der Waals surface area contributed by atoms with Crippen LogP contribution in [0.15, 0.2) is 10.5 Å². The van der Waals surface area contributed by atoms with E-state index in [0.29, 0.717) is 5.41 Å². The first kappa shape index (κ1) is 12.1. The van der Waals surface area contributed by atoms with E-state index >= 15 is 0 Å². The molecular formula is C11H19NS2. The molecule has 0 unspecified atom stereocenters. The van der Waals surface area contributed by atoms with E-state index in [9.17, 15) is 0 Å². The summed E-state index contributed by atoms with van der Waals surface area (Å²) in [5.74, 6) is 1.17. The summed E-state index contributed by atoms with van der Waals surface area (Å²) < 4.78 is 1.23. The largest absolute Gasteiger partial charge is 0.238 e. The highest BCUT2D eigenvalue weighted by molar-refractivity contribution is 8.01. The zero-order valence-electron chi connectivity index (χ0n) is 9.46. The van der Waals surface area contributed by atoms with Crippen LogP contribution in [0.2, 0.25) is 0 Å². The predicted molar refractivity (Wildman–Crippen MR) is 66.3 cm³/mol. The van der Waals surface area contributed by atoms with Crippen LogP contribution in [0.3, 0.4) is 0 Å². The van der Waals surface area contributed by atoms with Gasteiger partial charge in [-0.1, -0.05) is 45.9 Å². The molecular weight excluding hydrogens is 210 g/mol. The second kappa shape index (κ2) is 5.17. The standard InChI is InChI=1S/C11H19NS2/c1-5-9-7-12-10(14-9)13-8-11(3,4)6-2/h7H,5-6,8H2,1-4H3. The van der Waals surface area contributed by atoms with Gasteiger partial charge in [-0.25, -0.2) is 4.98 Å². The van der Waals surface area contributed by atoms with Crippen LogP contribution in [-0.4, -0.2) is 10.7 Å². The number of thioether (sulfide) groups is 1. The van der Waals surface area contributed by atoms with Gasteiger partial charge in [0.2, 0.25) is 0 Å². The Bertz CT molecular complexity index is 279. The Kier molecular flexibility index (Phi) is 4.45. The molecule has 0 aliphatic carbocycles. The molecule has 0 bridgehead atoms. The van der Waals surface area contributed by atoms with Crippen LogP contribution in [0.25, 0.3) is 0 Å². The molecule has 1 rings (SSSR count). The maximum Gasteiger partial charge on any atom is 0.150 e. The molecule has 1 nitrogen and oxygen atoms in total. The molecule has 1 aromatic heterocycles. The third kappa shape index (κ3) is 3.62. The van der Waals surface area contributed by atoms with Gasteiger partial charge in [-0.2, -0.15) is 0 Å². The van der Waals surface area contributed by atoms with Crippen LogP contribution in [0.4, 0.5) is 0 Å². The maximum absolute atomic E-state index is 4.41. The number of hydrogen-bond acceptors (Lipinski definition) is 3. The summed E-state index contributed by atoms with van der Waals surface area (Å²) in [6, 6.07) is 0. The van der Waals surface area contributed by atoms with E-state index in [2.05, 4.69) is 32.7 Å². The lowest BCUT2D eigenvalue weighted by Crippen LogP contribution is -2.12. The lowest BCUT2D eigenvalue weighted by Gasteiger charge is -2.20. The van der Waals surface area contributed by atoms with Crippen LogP contribution in [0, 0.1) is 5.41 Å². The van der Waals surface area contributed by atoms with E-state index in [4.69, 9.17) is 0 Å². The van der Waals surface area contributed by atoms with Gasteiger partial charge in [-0.3, -0.25) is 0 Å². The van der Waals surface area contributed by atoms with Crippen molar-refractivity contribution in [3.63, 3.8) is 0 Å². The third-order valence-electron chi connectivity index (χ3n) is 2.42. The second-order valence-corrected chi connectivity index (χ2v) is 6.59. The number of aromatic nitrogens is 1. The first-order chi connectivity index (χ1) is 6.57. The number of rotatable bonds is 5. The van der Waals surface area contributed by atoms with Gasteiger partial charge < -0.3 is 0 Å². The Hall–Kier alpha value is -0.0200. The van der Waals surface area contributed by atoms with Gasteiger partial charge in [-0.05, 0) is 11.8 Å². The van der Waals surface area contributed by atoms with Crippen molar-refractivity contribution in [3.05, 3.63) is 11.1 Å². The smallest absolute Gasteiger partial charge is 0.150 e. The van der Waals surface area contributed by atoms with Gasteiger partial charge in [0.05, 0.1) is 0 Å². The highest BCUT2D eigenvalue weighted by Gasteiger charge is 2.16. The molecule has 0 amide bonds. The summed E-state index contributed by atoms with van der Waals surface area (Å²) in [5.41, 5.74) is 0.433. The van der Waals surface area contributed by atoms with Crippen LogP contribution in [-0.2, 0) is 6.42 Å². The molecule has 80 valence electrons. The summed E-state index contributed by atoms with van der Waals surface area (Å²) >= 11 is 3.73. The minimum atomic E-state index is 0.433. The average Bonchev–Trinajstić information content (AvgIpc) is 2.63. The lowest BCUT2D eigenvalue weighted by atomic mass is 9.93. The summed E-state index contributed by atoms with van der Waals surface area (Å²) in [6.45, 7) is 9.06. The molecule has 1 heterocycles. The summed E-state index contributed by atoms with van der Waals surface area (Å²) in [7, 11) is 0. The van der Waals surface area contributed by atoms with Crippen molar-refractivity contribution < 1.29 is 0 Å². The lowest BCUT2D eigenvalue weighted by molar-refractivity contribution is 0.408. The maximum atomic E-state index is 4.41. The monoisotopic (exact) mass is 229 g/mol. The normalized spacial score (nSPS) is 12.0. The highest BCUT2D eigenvalue weighted by Crippen LogP contribution is 2.32. The predicted octanol–water partition coefficient (Wildman–Crippen LogP) is 4.23. The van der Waals surface area contributed by atoms with Crippen molar-refractivity contribution in [2.24, 2.45) is 5.41 Å². The number of nitrogens with zero attached hydrogens (tertiary/aromatic N) is 1. The van der Waals surface area contributed by atoms with Crippen molar-refractivity contribution in [2.45, 2.75) is 44.9 Å². The summed E-state index contributed by atoms with van der Waals surface area (Å²) in [4.78, 5) is 5.80. The molecule has 0 aliphatic heterocycles. The molecule has 0 atom stereocenters. The Morgan fingerprint density at radius 3 is 2.64 bits per heavy atom. The van der Waals surface area contributed by atoms with Crippen LogP contribution in [0.5, 0.6) is 0 Å². The van der Waals surface area contributed by atoms with Gasteiger partial charge in [0, 0.05) is 16.8 Å². The first-order valence-electron chi connectivity index (χ1n) is 5.15. The topological polar surface area (TPSA) is 12.9 Å². The zero-order valence-corrected chi connectivity index (χ0v) is 11.1. The fourth-order valence-corrected chi connectivity index (χ4v) is 3.04. The molecule has 3 heteroatoms. The van der Waals surface area contributed by atoms with Crippen molar-refractivity contribution in [3.8, 4) is 0 Å². The third-order valence-corrected chi connectivity index (χ3v) is 5.24. The molecule has 0 saturated carbocycles. The Balaban J connectivity index is 2.45. The molecule has 0 aliphatic rings. The van der Waals surface area contributed by atoms with Gasteiger partial charge in [-0.15, -0.1) is 11.3 Å². The van der Waals surface area contributed by atoms with Crippen LogP contribution >= 0.6 is 23.1 Å². The van der Waals surface area contributed by atoms with Gasteiger partial charge in [0.15, 0.2) is 0 Å². The number of hydrogen-bond donors (Lipinski definition) is 0. The highest BCUT2D eigenvalue weighted by atomic mass is 32.2. The quantitative estimate of drug-likeness (QED) is 0.701. The van der Waals surface area contributed by atoms with E-state index in [0.717, 1.165) is 6.42 Å². The number of thiazole rings is 1. The fraction of sp³-hybridized carbons (Fsp3) is 0.727. The van der Waals surface area contributed by atoms with Gasteiger partial charge in [0.1, 0.15) is 4.34 Å². The van der Waals surface area contributed by atoms with E-state index in [1.165, 1.54) is 21.4 Å². The second-order valence-electron chi connectivity index (χ2n) is 4.25. The van der Waals surface area contributed by atoms with Crippen molar-refractivity contribution in [1.82, 2.24) is 4.98 Å². The molecule has 1 aromatic rings. The summed E-state index contributed by atoms with van der Waals surface area (Å²) in [5, 5.41) is 0. The van der Waals surface area contributed by atoms with Crippen molar-refractivity contribution >= 4 is 23.1 Å². The van der Waals surface area contributed by atoms with E-state index < -0.39 is 0 Å². The van der Waals surface area contributed by atoms with Gasteiger partial charge >= 0.3 is 0 Å². The van der Waals surface area contributed by atoms with Crippen molar-refractivity contribution in [1.29, 1.82) is 0 Å².